The Balaban J connectivity index is 1.80. The Morgan fingerprint density at radius 1 is 1.47 bits per heavy atom. The third kappa shape index (κ3) is 3.61. The topological polar surface area (TPSA) is 24.9 Å². The summed E-state index contributed by atoms with van der Waals surface area (Å²) in [5, 5.41) is 6.44. The van der Waals surface area contributed by atoms with Crippen molar-refractivity contribution in [3.63, 3.8) is 0 Å². The van der Waals surface area contributed by atoms with E-state index in [4.69, 9.17) is 0 Å². The zero-order valence-electron chi connectivity index (χ0n) is 9.69. The third-order valence-electron chi connectivity index (χ3n) is 2.54. The second kappa shape index (κ2) is 5.89. The van der Waals surface area contributed by atoms with Gasteiger partial charge < -0.3 is 5.32 Å². The van der Waals surface area contributed by atoms with Crippen LogP contribution in [0.1, 0.15) is 23.4 Å². The average molecular weight is 250 g/mol. The van der Waals surface area contributed by atoms with E-state index in [0.717, 1.165) is 17.1 Å². The largest absolute Gasteiger partial charge is 0.312 e. The Labute approximate surface area is 105 Å². The van der Waals surface area contributed by atoms with Gasteiger partial charge in [0.05, 0.1) is 5.01 Å². The van der Waals surface area contributed by atoms with E-state index in [-0.39, 0.29) is 5.82 Å². The fourth-order valence-electron chi connectivity index (χ4n) is 1.65. The number of benzene rings is 1. The molecule has 0 saturated carbocycles. The molecule has 0 saturated heterocycles. The van der Waals surface area contributed by atoms with Gasteiger partial charge in [0.25, 0.3) is 0 Å². The number of hydrogen-bond donors (Lipinski definition) is 1. The maximum Gasteiger partial charge on any atom is 0.123 e. The Hall–Kier alpha value is -1.26. The first kappa shape index (κ1) is 12.2. The van der Waals surface area contributed by atoms with E-state index >= 15 is 0 Å². The third-order valence-corrected chi connectivity index (χ3v) is 3.55. The van der Waals surface area contributed by atoms with Gasteiger partial charge in [-0.25, -0.2) is 9.37 Å². The van der Waals surface area contributed by atoms with Gasteiger partial charge in [0.1, 0.15) is 5.82 Å². The zero-order valence-corrected chi connectivity index (χ0v) is 10.5. The van der Waals surface area contributed by atoms with Crippen LogP contribution in [0.5, 0.6) is 0 Å². The van der Waals surface area contributed by atoms with E-state index in [1.54, 1.807) is 23.5 Å². The molecular formula is C13H15FN2S. The number of rotatable bonds is 5. The van der Waals surface area contributed by atoms with Crippen LogP contribution >= 0.6 is 11.3 Å². The molecule has 0 aliphatic carbocycles. The molecule has 0 aliphatic heterocycles. The molecule has 2 aromatic rings. The van der Waals surface area contributed by atoms with Crippen molar-refractivity contribution in [2.45, 2.75) is 19.4 Å². The van der Waals surface area contributed by atoms with Gasteiger partial charge in [-0.15, -0.1) is 11.3 Å². The number of halogens is 1. The molecule has 17 heavy (non-hydrogen) atoms. The van der Waals surface area contributed by atoms with E-state index in [1.165, 1.54) is 6.07 Å². The lowest BCUT2D eigenvalue weighted by atomic mass is 10.2. The summed E-state index contributed by atoms with van der Waals surface area (Å²) >= 11 is 1.67. The quantitative estimate of drug-likeness (QED) is 0.881. The van der Waals surface area contributed by atoms with Crippen molar-refractivity contribution in [1.29, 1.82) is 0 Å². The number of thiazole rings is 1. The molecule has 1 heterocycles. The molecule has 1 atom stereocenters. The molecule has 4 heteroatoms. The van der Waals surface area contributed by atoms with Crippen molar-refractivity contribution in [2.24, 2.45) is 0 Å². The van der Waals surface area contributed by atoms with Crippen molar-refractivity contribution in [2.75, 3.05) is 6.54 Å². The molecule has 0 radical (unpaired) electrons. The summed E-state index contributed by atoms with van der Waals surface area (Å²) in [5.74, 6) is 0.209. The Morgan fingerprint density at radius 2 is 2.35 bits per heavy atom. The summed E-state index contributed by atoms with van der Waals surface area (Å²) in [6.45, 7) is 3.68. The summed E-state index contributed by atoms with van der Waals surface area (Å²) in [6.07, 6.45) is 1.82. The van der Waals surface area contributed by atoms with Gasteiger partial charge in [0.15, 0.2) is 0 Å². The fourth-order valence-corrected chi connectivity index (χ4v) is 2.34. The lowest BCUT2D eigenvalue weighted by molar-refractivity contribution is 0.601. The predicted molar refractivity (Wildman–Crippen MR) is 68.6 cm³/mol. The van der Waals surface area contributed by atoms with Gasteiger partial charge in [0.2, 0.25) is 0 Å². The Morgan fingerprint density at radius 3 is 3.06 bits per heavy atom. The zero-order chi connectivity index (χ0) is 12.1. The molecule has 1 aromatic heterocycles. The number of nitrogens with zero attached hydrogens (tertiary/aromatic N) is 1. The minimum Gasteiger partial charge on any atom is -0.312 e. The first-order valence-electron chi connectivity index (χ1n) is 5.60. The summed E-state index contributed by atoms with van der Waals surface area (Å²) in [5.41, 5.74) is 0.969. The molecule has 1 aromatic carbocycles. The summed E-state index contributed by atoms with van der Waals surface area (Å²) in [4.78, 5) is 4.27. The molecule has 0 aliphatic rings. The summed E-state index contributed by atoms with van der Waals surface area (Å²) in [7, 11) is 0. The van der Waals surface area contributed by atoms with Crippen molar-refractivity contribution in [3.05, 3.63) is 52.2 Å². The molecule has 0 bridgehead atoms. The van der Waals surface area contributed by atoms with Crippen LogP contribution in [0.15, 0.2) is 35.8 Å². The first-order chi connectivity index (χ1) is 8.25. The van der Waals surface area contributed by atoms with Crippen LogP contribution in [-0.2, 0) is 6.54 Å². The summed E-state index contributed by atoms with van der Waals surface area (Å²) < 4.78 is 12.9. The van der Waals surface area contributed by atoms with E-state index < -0.39 is 0 Å². The fraction of sp³-hybridized carbons (Fsp3) is 0.308. The highest BCUT2D eigenvalue weighted by Gasteiger charge is 2.07. The molecule has 90 valence electrons. The van der Waals surface area contributed by atoms with Crippen molar-refractivity contribution < 1.29 is 4.39 Å². The average Bonchev–Trinajstić information content (AvgIpc) is 2.82. The Bertz CT molecular complexity index is 456. The highest BCUT2D eigenvalue weighted by molar-refractivity contribution is 7.09. The van der Waals surface area contributed by atoms with Crippen LogP contribution in [0.2, 0.25) is 0 Å². The van der Waals surface area contributed by atoms with Crippen LogP contribution < -0.4 is 5.32 Å². The number of hydrogen-bond acceptors (Lipinski definition) is 3. The van der Waals surface area contributed by atoms with E-state index in [1.807, 2.05) is 17.6 Å². The molecule has 0 spiro atoms. The number of nitrogens with one attached hydrogen (secondary N) is 1. The van der Waals surface area contributed by atoms with Gasteiger partial charge in [-0.1, -0.05) is 19.1 Å². The maximum atomic E-state index is 12.9. The summed E-state index contributed by atoms with van der Waals surface area (Å²) in [6, 6.07) is 6.67. The standard InChI is InChI=1S/C13H15FN2S/c1-10(13-16-5-6-17-13)8-15-9-11-3-2-4-12(14)7-11/h2-7,10,15H,8-9H2,1H3. The van der Waals surface area contributed by atoms with Gasteiger partial charge >= 0.3 is 0 Å². The van der Waals surface area contributed by atoms with Crippen LogP contribution in [0, 0.1) is 5.82 Å². The minimum atomic E-state index is -0.183. The molecule has 0 fully saturated rings. The van der Waals surface area contributed by atoms with E-state index in [2.05, 4.69) is 17.2 Å². The van der Waals surface area contributed by atoms with Crippen molar-refractivity contribution >= 4 is 11.3 Å². The van der Waals surface area contributed by atoms with Crippen LogP contribution in [-0.4, -0.2) is 11.5 Å². The van der Waals surface area contributed by atoms with E-state index in [9.17, 15) is 4.39 Å². The second-order valence-corrected chi connectivity index (χ2v) is 4.96. The lowest BCUT2D eigenvalue weighted by Gasteiger charge is -2.10. The normalized spacial score (nSPS) is 12.6. The highest BCUT2D eigenvalue weighted by atomic mass is 32.1. The van der Waals surface area contributed by atoms with Crippen LogP contribution in [0.4, 0.5) is 4.39 Å². The lowest BCUT2D eigenvalue weighted by Crippen LogP contribution is -2.19. The second-order valence-electron chi connectivity index (χ2n) is 4.03. The highest BCUT2D eigenvalue weighted by Crippen LogP contribution is 2.16. The molecule has 1 N–H and O–H groups in total. The smallest absolute Gasteiger partial charge is 0.123 e. The first-order valence-corrected chi connectivity index (χ1v) is 6.48. The van der Waals surface area contributed by atoms with Gasteiger partial charge in [-0.05, 0) is 17.7 Å². The van der Waals surface area contributed by atoms with Crippen LogP contribution in [0.3, 0.4) is 0 Å². The Kier molecular flexibility index (Phi) is 4.23. The maximum absolute atomic E-state index is 12.9. The number of aromatic nitrogens is 1. The molecule has 2 nitrogen and oxygen atoms in total. The minimum absolute atomic E-state index is 0.183. The van der Waals surface area contributed by atoms with Gasteiger partial charge in [-0.2, -0.15) is 0 Å². The van der Waals surface area contributed by atoms with E-state index in [0.29, 0.717) is 12.5 Å². The molecule has 0 amide bonds. The monoisotopic (exact) mass is 250 g/mol. The molecular weight excluding hydrogens is 235 g/mol. The SMILES string of the molecule is CC(CNCc1cccc(F)c1)c1nccs1. The van der Waals surface area contributed by atoms with Crippen molar-refractivity contribution in [1.82, 2.24) is 10.3 Å². The van der Waals surface area contributed by atoms with Crippen molar-refractivity contribution in [3.8, 4) is 0 Å². The molecule has 1 unspecified atom stereocenters. The molecule has 2 rings (SSSR count). The van der Waals surface area contributed by atoms with Gasteiger partial charge in [-0.3, -0.25) is 0 Å². The van der Waals surface area contributed by atoms with Crippen LogP contribution in [0.25, 0.3) is 0 Å². The van der Waals surface area contributed by atoms with Gasteiger partial charge in [0, 0.05) is 30.6 Å². The predicted octanol–water partition coefficient (Wildman–Crippen LogP) is 3.18.